The van der Waals surface area contributed by atoms with Crippen LogP contribution in [-0.4, -0.2) is 24.4 Å². The molecular weight excluding hydrogens is 321 g/mol. The molecule has 1 aromatic carbocycles. The average molecular weight is 340 g/mol. The largest absolute Gasteiger partial charge is 0.353 e. The molecule has 1 saturated carbocycles. The van der Waals surface area contributed by atoms with Gasteiger partial charge < -0.3 is 10.2 Å². The van der Waals surface area contributed by atoms with Crippen molar-refractivity contribution >= 4 is 17.5 Å². The third kappa shape index (κ3) is 3.25. The van der Waals surface area contributed by atoms with E-state index >= 15 is 0 Å². The van der Waals surface area contributed by atoms with Crippen molar-refractivity contribution in [2.45, 2.75) is 44.6 Å². The number of nitrogens with one attached hydrogen (secondary N) is 1. The predicted molar refractivity (Wildman–Crippen MR) is 81.8 cm³/mol. The topological polar surface area (TPSA) is 49.4 Å². The summed E-state index contributed by atoms with van der Waals surface area (Å²) in [5, 5.41) is 2.94. The molecule has 0 radical (unpaired) electrons. The quantitative estimate of drug-likeness (QED) is 0.860. The summed E-state index contributed by atoms with van der Waals surface area (Å²) >= 11 is 0. The lowest BCUT2D eigenvalue weighted by atomic mass is 9.95. The molecule has 130 valence electrons. The van der Waals surface area contributed by atoms with Gasteiger partial charge in [-0.3, -0.25) is 9.59 Å². The molecule has 4 nitrogen and oxygen atoms in total. The first kappa shape index (κ1) is 16.8. The van der Waals surface area contributed by atoms with Gasteiger partial charge in [-0.1, -0.05) is 19.3 Å². The van der Waals surface area contributed by atoms with Crippen LogP contribution in [0.25, 0.3) is 0 Å². The molecule has 7 heteroatoms. The number of carbonyl (C=O) groups is 2. The molecule has 1 aromatic rings. The van der Waals surface area contributed by atoms with Crippen LogP contribution >= 0.6 is 0 Å². The Morgan fingerprint density at radius 2 is 1.79 bits per heavy atom. The first-order valence-electron chi connectivity index (χ1n) is 8.21. The van der Waals surface area contributed by atoms with E-state index in [0.29, 0.717) is 0 Å². The van der Waals surface area contributed by atoms with Crippen LogP contribution in [0.1, 0.15) is 38.5 Å². The van der Waals surface area contributed by atoms with Crippen LogP contribution in [0.4, 0.5) is 18.9 Å². The summed E-state index contributed by atoms with van der Waals surface area (Å²) in [6, 6.07) is 1.92. The van der Waals surface area contributed by atoms with Crippen LogP contribution in [0.3, 0.4) is 0 Å². The Bertz CT molecular complexity index is 659. The van der Waals surface area contributed by atoms with Gasteiger partial charge in [0.25, 0.3) is 0 Å². The Morgan fingerprint density at radius 1 is 1.08 bits per heavy atom. The smallest absolute Gasteiger partial charge is 0.227 e. The van der Waals surface area contributed by atoms with Gasteiger partial charge >= 0.3 is 0 Å². The van der Waals surface area contributed by atoms with Crippen LogP contribution in [0, 0.1) is 23.4 Å². The molecule has 1 saturated heterocycles. The monoisotopic (exact) mass is 340 g/mol. The fourth-order valence-electron chi connectivity index (χ4n) is 3.41. The van der Waals surface area contributed by atoms with Crippen LogP contribution in [0.2, 0.25) is 0 Å². The van der Waals surface area contributed by atoms with E-state index in [1.54, 1.807) is 0 Å². The molecule has 3 rings (SSSR count). The van der Waals surface area contributed by atoms with Crippen LogP contribution in [0.5, 0.6) is 0 Å². The second-order valence-corrected chi connectivity index (χ2v) is 6.44. The molecule has 0 spiro atoms. The van der Waals surface area contributed by atoms with Gasteiger partial charge in [0.2, 0.25) is 11.8 Å². The van der Waals surface area contributed by atoms with Gasteiger partial charge in [0.15, 0.2) is 17.5 Å². The number of hydrogen-bond acceptors (Lipinski definition) is 2. The zero-order valence-corrected chi connectivity index (χ0v) is 13.2. The molecule has 0 bridgehead atoms. The third-order valence-electron chi connectivity index (χ3n) is 4.75. The van der Waals surface area contributed by atoms with Crippen molar-refractivity contribution in [3.8, 4) is 0 Å². The minimum Gasteiger partial charge on any atom is -0.353 e. The molecule has 1 heterocycles. The fraction of sp³-hybridized carbons (Fsp3) is 0.529. The summed E-state index contributed by atoms with van der Waals surface area (Å²) in [5.41, 5.74) is -0.327. The molecule has 2 amide bonds. The highest BCUT2D eigenvalue weighted by atomic mass is 19.2. The Labute approximate surface area is 138 Å². The summed E-state index contributed by atoms with van der Waals surface area (Å²) in [5.74, 6) is -5.64. The van der Waals surface area contributed by atoms with Gasteiger partial charge in [-0.05, 0) is 25.0 Å². The zero-order chi connectivity index (χ0) is 17.3. The maximum absolute atomic E-state index is 13.9. The summed E-state index contributed by atoms with van der Waals surface area (Å²) in [4.78, 5) is 25.4. The van der Waals surface area contributed by atoms with Crippen molar-refractivity contribution in [2.75, 3.05) is 11.4 Å². The highest BCUT2D eigenvalue weighted by Crippen LogP contribution is 2.30. The Kier molecular flexibility index (Phi) is 4.78. The molecule has 24 heavy (non-hydrogen) atoms. The lowest BCUT2D eigenvalue weighted by Gasteiger charge is -2.24. The lowest BCUT2D eigenvalue weighted by Crippen LogP contribution is -2.40. The van der Waals surface area contributed by atoms with E-state index in [-0.39, 0.29) is 30.6 Å². The first-order chi connectivity index (χ1) is 11.5. The van der Waals surface area contributed by atoms with Crippen molar-refractivity contribution < 1.29 is 22.8 Å². The normalized spacial score (nSPS) is 22.0. The molecular formula is C17H19F3N2O2. The van der Waals surface area contributed by atoms with Gasteiger partial charge in [0, 0.05) is 19.0 Å². The lowest BCUT2D eigenvalue weighted by molar-refractivity contribution is -0.127. The highest BCUT2D eigenvalue weighted by Gasteiger charge is 2.37. The van der Waals surface area contributed by atoms with Crippen molar-refractivity contribution in [3.05, 3.63) is 29.6 Å². The van der Waals surface area contributed by atoms with Crippen molar-refractivity contribution in [2.24, 2.45) is 5.92 Å². The number of nitrogens with zero attached hydrogens (tertiary/aromatic N) is 1. The molecule has 1 unspecified atom stereocenters. The summed E-state index contributed by atoms with van der Waals surface area (Å²) in [6.07, 6.45) is 5.10. The fourth-order valence-corrected chi connectivity index (χ4v) is 3.41. The molecule has 1 atom stereocenters. The number of anilines is 1. The van der Waals surface area contributed by atoms with E-state index in [0.717, 1.165) is 49.1 Å². The predicted octanol–water partition coefficient (Wildman–Crippen LogP) is 2.91. The Hall–Kier alpha value is -2.05. The molecule has 0 aromatic heterocycles. The number of benzene rings is 1. The number of amides is 2. The number of hydrogen-bond donors (Lipinski definition) is 1. The van der Waals surface area contributed by atoms with E-state index in [2.05, 4.69) is 5.32 Å². The Morgan fingerprint density at radius 3 is 2.50 bits per heavy atom. The van der Waals surface area contributed by atoms with Crippen molar-refractivity contribution in [1.29, 1.82) is 0 Å². The second kappa shape index (κ2) is 6.83. The molecule has 1 N–H and O–H groups in total. The molecule has 1 aliphatic heterocycles. The van der Waals surface area contributed by atoms with E-state index < -0.39 is 29.3 Å². The van der Waals surface area contributed by atoms with Crippen molar-refractivity contribution in [3.63, 3.8) is 0 Å². The van der Waals surface area contributed by atoms with Gasteiger partial charge in [0.1, 0.15) is 0 Å². The minimum atomic E-state index is -1.62. The molecule has 1 aliphatic carbocycles. The van der Waals surface area contributed by atoms with E-state index in [9.17, 15) is 22.8 Å². The standard InChI is InChI=1S/C17H19F3N2O2/c18-12-6-7-13(16(20)15(12)19)22-9-10(8-14(22)23)17(24)21-11-4-2-1-3-5-11/h6-7,10-11H,1-5,8-9H2,(H,21,24). The van der Waals surface area contributed by atoms with Gasteiger partial charge in [-0.25, -0.2) is 13.2 Å². The molecule has 2 aliphatic rings. The van der Waals surface area contributed by atoms with Crippen molar-refractivity contribution in [1.82, 2.24) is 5.32 Å². The van der Waals surface area contributed by atoms with Gasteiger partial charge in [0.05, 0.1) is 11.6 Å². The summed E-state index contributed by atoms with van der Waals surface area (Å²) < 4.78 is 40.3. The summed E-state index contributed by atoms with van der Waals surface area (Å²) in [7, 11) is 0. The summed E-state index contributed by atoms with van der Waals surface area (Å²) in [6.45, 7) is -0.0284. The number of rotatable bonds is 3. The first-order valence-corrected chi connectivity index (χ1v) is 8.21. The van der Waals surface area contributed by atoms with Crippen LogP contribution < -0.4 is 10.2 Å². The second-order valence-electron chi connectivity index (χ2n) is 6.44. The van der Waals surface area contributed by atoms with Crippen LogP contribution in [0.15, 0.2) is 12.1 Å². The van der Waals surface area contributed by atoms with E-state index in [1.807, 2.05) is 0 Å². The van der Waals surface area contributed by atoms with E-state index in [4.69, 9.17) is 0 Å². The average Bonchev–Trinajstić information content (AvgIpc) is 2.96. The van der Waals surface area contributed by atoms with Crippen LogP contribution in [-0.2, 0) is 9.59 Å². The maximum Gasteiger partial charge on any atom is 0.227 e. The third-order valence-corrected chi connectivity index (χ3v) is 4.75. The number of halogens is 3. The van der Waals surface area contributed by atoms with Gasteiger partial charge in [-0.15, -0.1) is 0 Å². The Balaban J connectivity index is 1.69. The number of carbonyl (C=O) groups excluding carboxylic acids is 2. The maximum atomic E-state index is 13.9. The van der Waals surface area contributed by atoms with E-state index in [1.165, 1.54) is 0 Å². The SMILES string of the molecule is O=C(NC1CCCCC1)C1CC(=O)N(c2ccc(F)c(F)c2F)C1. The van der Waals surface area contributed by atoms with Gasteiger partial charge in [-0.2, -0.15) is 0 Å². The highest BCUT2D eigenvalue weighted by molar-refractivity contribution is 6.00. The zero-order valence-electron chi connectivity index (χ0n) is 13.2. The molecule has 2 fully saturated rings. The minimum absolute atomic E-state index is 0.0284.